The van der Waals surface area contributed by atoms with Gasteiger partial charge < -0.3 is 10.8 Å². The van der Waals surface area contributed by atoms with Crippen molar-refractivity contribution in [3.8, 4) is 0 Å². The predicted octanol–water partition coefficient (Wildman–Crippen LogP) is 3.02. The molecule has 0 aliphatic rings. The molecule has 2 N–H and O–H groups in total. The Morgan fingerprint density at radius 1 is 0.636 bits per heavy atom. The Morgan fingerprint density at radius 2 is 1.00 bits per heavy atom. The molecule has 2 heteroatoms. The quantitative estimate of drug-likeness (QED) is 0.399. The maximum Gasteiger partial charge on any atom is -0.00477 e. The highest BCUT2D eigenvalue weighted by Crippen LogP contribution is 2.05. The van der Waals surface area contributed by atoms with Crippen molar-refractivity contribution in [1.82, 2.24) is 0 Å². The first-order chi connectivity index (χ1) is 5.41. The van der Waals surface area contributed by atoms with Gasteiger partial charge in [0.25, 0.3) is 0 Å². The van der Waals surface area contributed by atoms with Crippen molar-refractivity contribution < 1.29 is 0 Å². The van der Waals surface area contributed by atoms with Crippen LogP contribution in [0, 0.1) is 10.8 Å². The number of nitrogens with one attached hydrogen (secondary N) is 2. The fraction of sp³-hybridized carbons (Fsp3) is 0.778. The molecule has 0 spiro atoms. The van der Waals surface area contributed by atoms with Gasteiger partial charge in [-0.2, -0.15) is 0 Å². The summed E-state index contributed by atoms with van der Waals surface area (Å²) in [6, 6.07) is 0. The first-order valence-corrected chi connectivity index (χ1v) is 4.39. The van der Waals surface area contributed by atoms with Gasteiger partial charge >= 0.3 is 0 Å². The van der Waals surface area contributed by atoms with Crippen LogP contribution in [-0.2, 0) is 0 Å². The van der Waals surface area contributed by atoms with Crippen LogP contribution in [0.4, 0.5) is 0 Å². The summed E-state index contributed by atoms with van der Waals surface area (Å²) >= 11 is 0. The molecule has 0 aromatic rings. The lowest BCUT2D eigenvalue weighted by atomic mass is 10.1. The standard InChI is InChI=1S/C9H18N2/c10-8-6-4-2-1-3-5-7-9-11/h8-11H,1-7H2. The summed E-state index contributed by atoms with van der Waals surface area (Å²) in [5.74, 6) is 0. The zero-order valence-electron chi connectivity index (χ0n) is 7.10. The highest BCUT2D eigenvalue weighted by atomic mass is 14.3. The van der Waals surface area contributed by atoms with E-state index in [9.17, 15) is 0 Å². The highest BCUT2D eigenvalue weighted by molar-refractivity contribution is 5.52. The van der Waals surface area contributed by atoms with Crippen LogP contribution in [-0.4, -0.2) is 12.4 Å². The van der Waals surface area contributed by atoms with Gasteiger partial charge in [-0.25, -0.2) is 0 Å². The number of hydrogen-bond donors (Lipinski definition) is 2. The van der Waals surface area contributed by atoms with Crippen molar-refractivity contribution >= 4 is 12.4 Å². The van der Waals surface area contributed by atoms with Gasteiger partial charge in [-0.05, 0) is 38.1 Å². The van der Waals surface area contributed by atoms with Gasteiger partial charge in [0, 0.05) is 0 Å². The predicted molar refractivity (Wildman–Crippen MR) is 49.9 cm³/mol. The molecule has 0 unspecified atom stereocenters. The van der Waals surface area contributed by atoms with E-state index < -0.39 is 0 Å². The van der Waals surface area contributed by atoms with Crippen molar-refractivity contribution in [2.24, 2.45) is 0 Å². The zero-order chi connectivity index (χ0) is 8.36. The molecule has 0 aromatic heterocycles. The summed E-state index contributed by atoms with van der Waals surface area (Å²) in [7, 11) is 0. The third-order valence-corrected chi connectivity index (χ3v) is 1.70. The Morgan fingerprint density at radius 3 is 1.36 bits per heavy atom. The van der Waals surface area contributed by atoms with Crippen LogP contribution in [0.1, 0.15) is 44.9 Å². The molecule has 0 aliphatic heterocycles. The van der Waals surface area contributed by atoms with Crippen LogP contribution in [0.5, 0.6) is 0 Å². The summed E-state index contributed by atoms with van der Waals surface area (Å²) in [5, 5.41) is 13.6. The second-order valence-corrected chi connectivity index (χ2v) is 2.75. The van der Waals surface area contributed by atoms with Crippen molar-refractivity contribution in [2.75, 3.05) is 0 Å². The van der Waals surface area contributed by atoms with Crippen LogP contribution in [0.25, 0.3) is 0 Å². The minimum Gasteiger partial charge on any atom is -0.313 e. The Kier molecular flexibility index (Phi) is 8.78. The summed E-state index contributed by atoms with van der Waals surface area (Å²) in [6.07, 6.45) is 10.9. The van der Waals surface area contributed by atoms with E-state index >= 15 is 0 Å². The lowest BCUT2D eigenvalue weighted by molar-refractivity contribution is 0.634. The van der Waals surface area contributed by atoms with Crippen LogP contribution in [0.3, 0.4) is 0 Å². The van der Waals surface area contributed by atoms with Crippen LogP contribution in [0.2, 0.25) is 0 Å². The van der Waals surface area contributed by atoms with Crippen molar-refractivity contribution in [1.29, 1.82) is 10.8 Å². The molecular formula is C9H18N2. The molecule has 11 heavy (non-hydrogen) atoms. The molecule has 0 amide bonds. The van der Waals surface area contributed by atoms with Gasteiger partial charge in [0.1, 0.15) is 0 Å². The maximum absolute atomic E-state index is 6.79. The minimum absolute atomic E-state index is 0.935. The van der Waals surface area contributed by atoms with Crippen LogP contribution < -0.4 is 0 Å². The fourth-order valence-electron chi connectivity index (χ4n) is 1.02. The largest absolute Gasteiger partial charge is 0.313 e. The molecule has 0 aromatic carbocycles. The van der Waals surface area contributed by atoms with E-state index in [0.29, 0.717) is 0 Å². The van der Waals surface area contributed by atoms with E-state index in [1.807, 2.05) is 0 Å². The van der Waals surface area contributed by atoms with Gasteiger partial charge in [-0.3, -0.25) is 0 Å². The molecule has 64 valence electrons. The third kappa shape index (κ3) is 9.34. The number of hydrogen-bond acceptors (Lipinski definition) is 2. The first kappa shape index (κ1) is 10.3. The highest BCUT2D eigenvalue weighted by Gasteiger charge is 1.87. The van der Waals surface area contributed by atoms with E-state index in [-0.39, 0.29) is 0 Å². The summed E-state index contributed by atoms with van der Waals surface area (Å²) in [6.45, 7) is 0. The Hall–Kier alpha value is -0.660. The molecule has 0 rings (SSSR count). The third-order valence-electron chi connectivity index (χ3n) is 1.70. The minimum atomic E-state index is 0.935. The Labute approximate surface area is 69.0 Å². The van der Waals surface area contributed by atoms with Crippen molar-refractivity contribution in [3.05, 3.63) is 0 Å². The van der Waals surface area contributed by atoms with E-state index in [1.165, 1.54) is 31.7 Å². The lowest BCUT2D eigenvalue weighted by Gasteiger charge is -1.96. The SMILES string of the molecule is N=CCCCCCCCC=N. The lowest BCUT2D eigenvalue weighted by Crippen LogP contribution is -1.80. The van der Waals surface area contributed by atoms with Crippen molar-refractivity contribution in [3.63, 3.8) is 0 Å². The molecule has 0 saturated heterocycles. The molecule has 0 aliphatic carbocycles. The second-order valence-electron chi connectivity index (χ2n) is 2.75. The molecule has 0 saturated carbocycles. The van der Waals surface area contributed by atoms with Gasteiger partial charge in [-0.1, -0.05) is 19.3 Å². The second kappa shape index (κ2) is 9.34. The van der Waals surface area contributed by atoms with Gasteiger partial charge in [0.2, 0.25) is 0 Å². The maximum atomic E-state index is 6.79. The molecule has 0 fully saturated rings. The molecular weight excluding hydrogens is 136 g/mol. The normalized spacial score (nSPS) is 9.45. The van der Waals surface area contributed by atoms with E-state index in [1.54, 1.807) is 0 Å². The van der Waals surface area contributed by atoms with Gasteiger partial charge in [0.05, 0.1) is 0 Å². The zero-order valence-corrected chi connectivity index (χ0v) is 7.10. The van der Waals surface area contributed by atoms with Crippen LogP contribution in [0.15, 0.2) is 0 Å². The van der Waals surface area contributed by atoms with E-state index in [2.05, 4.69) is 0 Å². The van der Waals surface area contributed by atoms with Gasteiger partial charge in [-0.15, -0.1) is 0 Å². The average molecular weight is 154 g/mol. The topological polar surface area (TPSA) is 47.7 Å². The van der Waals surface area contributed by atoms with Crippen LogP contribution >= 0.6 is 0 Å². The summed E-state index contributed by atoms with van der Waals surface area (Å²) in [5.41, 5.74) is 0. The molecule has 0 bridgehead atoms. The fourth-order valence-corrected chi connectivity index (χ4v) is 1.02. The molecule has 0 atom stereocenters. The first-order valence-electron chi connectivity index (χ1n) is 4.39. The van der Waals surface area contributed by atoms with Crippen molar-refractivity contribution in [2.45, 2.75) is 44.9 Å². The number of unbranched alkanes of at least 4 members (excludes halogenated alkanes) is 6. The molecule has 2 nitrogen and oxygen atoms in total. The molecule has 0 heterocycles. The van der Waals surface area contributed by atoms with E-state index in [4.69, 9.17) is 10.8 Å². The average Bonchev–Trinajstić information content (AvgIpc) is 2.03. The Balaban J connectivity index is 2.79. The smallest absolute Gasteiger partial charge is 0.00477 e. The summed E-state index contributed by atoms with van der Waals surface area (Å²) in [4.78, 5) is 0. The number of rotatable bonds is 8. The monoisotopic (exact) mass is 154 g/mol. The van der Waals surface area contributed by atoms with E-state index in [0.717, 1.165) is 25.7 Å². The van der Waals surface area contributed by atoms with Gasteiger partial charge in [0.15, 0.2) is 0 Å². The summed E-state index contributed by atoms with van der Waals surface area (Å²) < 4.78 is 0. The molecule has 0 radical (unpaired) electrons. The Bertz CT molecular complexity index is 87.7.